The summed E-state index contributed by atoms with van der Waals surface area (Å²) in [6.07, 6.45) is -0.310. The monoisotopic (exact) mass is 267 g/mol. The van der Waals surface area contributed by atoms with Crippen LogP contribution in [-0.4, -0.2) is 47.8 Å². The first-order valence-electron chi connectivity index (χ1n) is 6.37. The number of hydrogen-bond acceptors (Lipinski definition) is 3. The van der Waals surface area contributed by atoms with Crippen molar-refractivity contribution in [3.63, 3.8) is 0 Å². The molecule has 0 aromatic heterocycles. The minimum Gasteiger partial charge on any atom is -0.394 e. The van der Waals surface area contributed by atoms with E-state index >= 15 is 0 Å². The molecule has 1 saturated heterocycles. The minimum absolute atomic E-state index is 0.0369. The number of carbonyl (C=O) groups is 1. The minimum atomic E-state index is -0.365. The van der Waals surface area contributed by atoms with Gasteiger partial charge in [-0.2, -0.15) is 0 Å². The van der Waals surface area contributed by atoms with Crippen LogP contribution < -0.4 is 0 Å². The Balaban J connectivity index is 2.04. The van der Waals surface area contributed by atoms with Gasteiger partial charge < -0.3 is 14.7 Å². The SMILES string of the molecule is CC1COC(CO)CN1C(=O)Cc1ccccc1F. The Bertz CT molecular complexity index is 452. The Kier molecular flexibility index (Phi) is 4.50. The molecule has 2 unspecified atom stereocenters. The van der Waals surface area contributed by atoms with Crippen LogP contribution in [0.2, 0.25) is 0 Å². The fraction of sp³-hybridized carbons (Fsp3) is 0.500. The molecular weight excluding hydrogens is 249 g/mol. The van der Waals surface area contributed by atoms with Crippen molar-refractivity contribution in [2.45, 2.75) is 25.5 Å². The van der Waals surface area contributed by atoms with Crippen LogP contribution in [0.1, 0.15) is 12.5 Å². The van der Waals surface area contributed by atoms with Crippen LogP contribution in [0.5, 0.6) is 0 Å². The number of aliphatic hydroxyl groups excluding tert-OH is 1. The number of aliphatic hydroxyl groups is 1. The van der Waals surface area contributed by atoms with E-state index < -0.39 is 0 Å². The van der Waals surface area contributed by atoms with Gasteiger partial charge in [0.1, 0.15) is 5.82 Å². The maximum atomic E-state index is 13.5. The van der Waals surface area contributed by atoms with Crippen LogP contribution in [0.4, 0.5) is 4.39 Å². The number of carbonyl (C=O) groups excluding carboxylic acids is 1. The van der Waals surface area contributed by atoms with Crippen molar-refractivity contribution in [1.29, 1.82) is 0 Å². The van der Waals surface area contributed by atoms with E-state index in [1.165, 1.54) is 6.07 Å². The van der Waals surface area contributed by atoms with Crippen LogP contribution in [0.15, 0.2) is 24.3 Å². The molecule has 19 heavy (non-hydrogen) atoms. The first-order valence-corrected chi connectivity index (χ1v) is 6.37. The predicted octanol–water partition coefficient (Wildman–Crippen LogP) is 0.976. The second kappa shape index (κ2) is 6.12. The van der Waals surface area contributed by atoms with E-state index in [1.54, 1.807) is 23.1 Å². The molecule has 2 rings (SSSR count). The number of rotatable bonds is 3. The third-order valence-electron chi connectivity index (χ3n) is 3.33. The largest absolute Gasteiger partial charge is 0.394 e. The summed E-state index contributed by atoms with van der Waals surface area (Å²) in [5.41, 5.74) is 0.395. The summed E-state index contributed by atoms with van der Waals surface area (Å²) < 4.78 is 18.9. The van der Waals surface area contributed by atoms with Crippen LogP contribution >= 0.6 is 0 Å². The number of ether oxygens (including phenoxy) is 1. The molecule has 1 aliphatic heterocycles. The smallest absolute Gasteiger partial charge is 0.227 e. The van der Waals surface area contributed by atoms with Gasteiger partial charge in [-0.15, -0.1) is 0 Å². The Labute approximate surface area is 111 Å². The summed E-state index contributed by atoms with van der Waals surface area (Å²) in [6.45, 7) is 2.52. The molecule has 104 valence electrons. The van der Waals surface area contributed by atoms with Gasteiger partial charge in [-0.05, 0) is 18.6 Å². The van der Waals surface area contributed by atoms with Crippen molar-refractivity contribution in [3.05, 3.63) is 35.6 Å². The zero-order chi connectivity index (χ0) is 13.8. The molecule has 1 heterocycles. The maximum Gasteiger partial charge on any atom is 0.227 e. The third kappa shape index (κ3) is 3.30. The Morgan fingerprint density at radius 2 is 2.26 bits per heavy atom. The van der Waals surface area contributed by atoms with Gasteiger partial charge in [0.2, 0.25) is 5.91 Å². The Hall–Kier alpha value is -1.46. The molecule has 0 saturated carbocycles. The molecule has 0 bridgehead atoms. The lowest BCUT2D eigenvalue weighted by molar-refractivity contribution is -0.145. The average Bonchev–Trinajstić information content (AvgIpc) is 2.42. The molecule has 1 aromatic rings. The zero-order valence-electron chi connectivity index (χ0n) is 10.9. The molecule has 0 aliphatic carbocycles. The summed E-state index contributed by atoms with van der Waals surface area (Å²) in [5.74, 6) is -0.505. The molecule has 2 atom stereocenters. The Morgan fingerprint density at radius 1 is 1.53 bits per heavy atom. The molecule has 1 fully saturated rings. The quantitative estimate of drug-likeness (QED) is 0.888. The second-order valence-corrected chi connectivity index (χ2v) is 4.80. The van der Waals surface area contributed by atoms with Crippen molar-refractivity contribution in [2.24, 2.45) is 0 Å². The summed E-state index contributed by atoms with van der Waals surface area (Å²) in [5, 5.41) is 9.09. The molecular formula is C14H18FNO3. The van der Waals surface area contributed by atoms with Gasteiger partial charge in [-0.25, -0.2) is 4.39 Å². The van der Waals surface area contributed by atoms with Gasteiger partial charge in [0, 0.05) is 6.54 Å². The van der Waals surface area contributed by atoms with E-state index in [-0.39, 0.29) is 36.9 Å². The van der Waals surface area contributed by atoms with Crippen LogP contribution in [0, 0.1) is 5.82 Å². The lowest BCUT2D eigenvalue weighted by atomic mass is 10.1. The number of amides is 1. The summed E-state index contributed by atoms with van der Waals surface area (Å²) in [7, 11) is 0. The zero-order valence-corrected chi connectivity index (χ0v) is 10.9. The third-order valence-corrected chi connectivity index (χ3v) is 3.33. The van der Waals surface area contributed by atoms with Gasteiger partial charge in [-0.3, -0.25) is 4.79 Å². The van der Waals surface area contributed by atoms with Gasteiger partial charge in [0.25, 0.3) is 0 Å². The van der Waals surface area contributed by atoms with Crippen molar-refractivity contribution in [1.82, 2.24) is 4.90 Å². The lowest BCUT2D eigenvalue weighted by Gasteiger charge is -2.37. The summed E-state index contributed by atoms with van der Waals surface area (Å²) >= 11 is 0. The number of morpholine rings is 1. The van der Waals surface area contributed by atoms with Crippen molar-refractivity contribution >= 4 is 5.91 Å². The second-order valence-electron chi connectivity index (χ2n) is 4.80. The summed E-state index contributed by atoms with van der Waals surface area (Å²) in [6, 6.07) is 6.22. The van der Waals surface area contributed by atoms with Gasteiger partial charge in [0.05, 0.1) is 31.8 Å². The van der Waals surface area contributed by atoms with Crippen LogP contribution in [-0.2, 0) is 16.0 Å². The maximum absolute atomic E-state index is 13.5. The van der Waals surface area contributed by atoms with Crippen molar-refractivity contribution in [2.75, 3.05) is 19.8 Å². The fourth-order valence-electron chi connectivity index (χ4n) is 2.18. The highest BCUT2D eigenvalue weighted by atomic mass is 19.1. The van der Waals surface area contributed by atoms with E-state index in [4.69, 9.17) is 9.84 Å². The van der Waals surface area contributed by atoms with Gasteiger partial charge in [0.15, 0.2) is 0 Å². The summed E-state index contributed by atoms with van der Waals surface area (Å²) in [4.78, 5) is 13.9. The van der Waals surface area contributed by atoms with E-state index in [1.807, 2.05) is 6.92 Å². The van der Waals surface area contributed by atoms with Gasteiger partial charge in [-0.1, -0.05) is 18.2 Å². The molecule has 1 amide bonds. The average molecular weight is 267 g/mol. The normalized spacial score (nSPS) is 23.4. The fourth-order valence-corrected chi connectivity index (χ4v) is 2.18. The highest BCUT2D eigenvalue weighted by Crippen LogP contribution is 2.15. The molecule has 1 aromatic carbocycles. The van der Waals surface area contributed by atoms with E-state index in [0.717, 1.165) is 0 Å². The topological polar surface area (TPSA) is 49.8 Å². The highest BCUT2D eigenvalue weighted by molar-refractivity contribution is 5.79. The lowest BCUT2D eigenvalue weighted by Crippen LogP contribution is -2.52. The first kappa shape index (κ1) is 14.0. The van der Waals surface area contributed by atoms with Gasteiger partial charge >= 0.3 is 0 Å². The molecule has 0 radical (unpaired) electrons. The van der Waals surface area contributed by atoms with E-state index in [9.17, 15) is 9.18 Å². The first-order chi connectivity index (χ1) is 9.11. The highest BCUT2D eigenvalue weighted by Gasteiger charge is 2.29. The molecule has 0 spiro atoms. The molecule has 4 nitrogen and oxygen atoms in total. The number of benzene rings is 1. The molecule has 5 heteroatoms. The van der Waals surface area contributed by atoms with Crippen molar-refractivity contribution < 1.29 is 19.0 Å². The Morgan fingerprint density at radius 3 is 2.95 bits per heavy atom. The standard InChI is InChI=1S/C14H18FNO3/c1-10-9-19-12(8-17)7-16(10)14(18)6-11-4-2-3-5-13(11)15/h2-5,10,12,17H,6-9H2,1H3. The van der Waals surface area contributed by atoms with Crippen LogP contribution in [0.25, 0.3) is 0 Å². The van der Waals surface area contributed by atoms with E-state index in [0.29, 0.717) is 18.7 Å². The van der Waals surface area contributed by atoms with E-state index in [2.05, 4.69) is 0 Å². The molecule has 1 N–H and O–H groups in total. The molecule has 1 aliphatic rings. The van der Waals surface area contributed by atoms with Crippen LogP contribution in [0.3, 0.4) is 0 Å². The predicted molar refractivity (Wildman–Crippen MR) is 68.1 cm³/mol. The van der Waals surface area contributed by atoms with Crippen molar-refractivity contribution in [3.8, 4) is 0 Å². The number of halogens is 1. The number of hydrogen-bond donors (Lipinski definition) is 1. The number of nitrogens with zero attached hydrogens (tertiary/aromatic N) is 1.